The van der Waals surface area contributed by atoms with Gasteiger partial charge in [0.1, 0.15) is 5.82 Å². The van der Waals surface area contributed by atoms with Crippen LogP contribution in [0.25, 0.3) is 11.3 Å². The summed E-state index contributed by atoms with van der Waals surface area (Å²) in [6.45, 7) is 0.680. The van der Waals surface area contributed by atoms with E-state index in [-0.39, 0.29) is 17.9 Å². The topological polar surface area (TPSA) is 127 Å². The third kappa shape index (κ3) is 5.66. The van der Waals surface area contributed by atoms with E-state index in [0.717, 1.165) is 36.8 Å². The van der Waals surface area contributed by atoms with Crippen molar-refractivity contribution in [3.63, 3.8) is 0 Å². The first kappa shape index (κ1) is 24.0. The van der Waals surface area contributed by atoms with E-state index in [1.165, 1.54) is 0 Å². The molecule has 178 valence electrons. The number of H-pyrrole nitrogens is 1. The molecule has 1 atom stereocenters. The second-order valence-corrected chi connectivity index (χ2v) is 9.29. The van der Waals surface area contributed by atoms with Gasteiger partial charge in [0.05, 0.1) is 11.7 Å². The molecule has 2 aromatic carbocycles. The third-order valence-electron chi connectivity index (χ3n) is 6.62. The van der Waals surface area contributed by atoms with E-state index in [0.29, 0.717) is 41.1 Å². The Morgan fingerprint density at radius 3 is 2.35 bits per heavy atom. The Labute approximate surface area is 204 Å². The van der Waals surface area contributed by atoms with E-state index in [4.69, 9.17) is 23.1 Å². The predicted octanol–water partition coefficient (Wildman–Crippen LogP) is 3.99. The first-order valence-electron chi connectivity index (χ1n) is 11.6. The van der Waals surface area contributed by atoms with Crippen LogP contribution in [0.15, 0.2) is 54.6 Å². The average molecular weight is 480 g/mol. The monoisotopic (exact) mass is 479 g/mol. The molecular weight excluding hydrogens is 450 g/mol. The van der Waals surface area contributed by atoms with Crippen molar-refractivity contribution in [1.29, 1.82) is 0 Å². The molecule has 0 radical (unpaired) electrons. The number of aromatic amines is 1. The SMILES string of the molecule is NCC1CCC(C(=O)N[C@@H](Cc2ccccc2)c2nc(Cl)c(-c3ccc(C(N)=O)cc3)[nH]2)CC1. The summed E-state index contributed by atoms with van der Waals surface area (Å²) in [5.74, 6) is 0.626. The maximum absolute atomic E-state index is 13.2. The first-order valence-corrected chi connectivity index (χ1v) is 12.0. The van der Waals surface area contributed by atoms with Crippen molar-refractivity contribution < 1.29 is 9.59 Å². The number of primary amides is 1. The third-order valence-corrected chi connectivity index (χ3v) is 6.89. The zero-order valence-corrected chi connectivity index (χ0v) is 19.7. The minimum absolute atomic E-state index is 0.0210. The van der Waals surface area contributed by atoms with Gasteiger partial charge < -0.3 is 21.8 Å². The average Bonchev–Trinajstić information content (AvgIpc) is 3.25. The molecule has 0 aliphatic heterocycles. The molecule has 1 aliphatic carbocycles. The number of hydrogen-bond acceptors (Lipinski definition) is 4. The van der Waals surface area contributed by atoms with Crippen molar-refractivity contribution in [2.24, 2.45) is 23.3 Å². The van der Waals surface area contributed by atoms with Gasteiger partial charge in [-0.25, -0.2) is 4.98 Å². The number of nitrogens with one attached hydrogen (secondary N) is 2. The Bertz CT molecular complexity index is 1120. The van der Waals surface area contributed by atoms with E-state index in [9.17, 15) is 9.59 Å². The van der Waals surface area contributed by atoms with Crippen LogP contribution in [0, 0.1) is 11.8 Å². The van der Waals surface area contributed by atoms with Gasteiger partial charge in [0.15, 0.2) is 5.15 Å². The van der Waals surface area contributed by atoms with Gasteiger partial charge >= 0.3 is 0 Å². The molecule has 3 aromatic rings. The summed E-state index contributed by atoms with van der Waals surface area (Å²) in [7, 11) is 0. The number of hydrogen-bond donors (Lipinski definition) is 4. The number of aromatic nitrogens is 2. The molecule has 0 spiro atoms. The zero-order chi connectivity index (χ0) is 24.1. The van der Waals surface area contributed by atoms with Gasteiger partial charge in [-0.15, -0.1) is 0 Å². The standard InChI is InChI=1S/C26H30ClN5O2/c27-23-22(18-10-12-19(13-11-18)24(29)33)31-25(32-23)21(14-16-4-2-1-3-5-16)30-26(34)20-8-6-17(15-28)7-9-20/h1-5,10-13,17,20-21H,6-9,14-15,28H2,(H2,29,33)(H,30,34)(H,31,32)/t17?,20?,21-/m0/s1. The number of nitrogens with zero attached hydrogens (tertiary/aromatic N) is 1. The van der Waals surface area contributed by atoms with Crippen molar-refractivity contribution in [2.45, 2.75) is 38.1 Å². The lowest BCUT2D eigenvalue weighted by atomic mass is 9.81. The van der Waals surface area contributed by atoms with E-state index in [1.54, 1.807) is 24.3 Å². The van der Waals surface area contributed by atoms with Crippen molar-refractivity contribution in [3.8, 4) is 11.3 Å². The molecule has 4 rings (SSSR count). The van der Waals surface area contributed by atoms with E-state index in [1.807, 2.05) is 30.3 Å². The van der Waals surface area contributed by atoms with E-state index < -0.39 is 5.91 Å². The summed E-state index contributed by atoms with van der Waals surface area (Å²) < 4.78 is 0. The fourth-order valence-corrected chi connectivity index (χ4v) is 4.79. The van der Waals surface area contributed by atoms with Gasteiger partial charge in [-0.1, -0.05) is 54.1 Å². The molecular formula is C26H30ClN5O2. The van der Waals surface area contributed by atoms with Crippen LogP contribution >= 0.6 is 11.6 Å². The lowest BCUT2D eigenvalue weighted by Gasteiger charge is -2.28. The molecule has 1 aromatic heterocycles. The second-order valence-electron chi connectivity index (χ2n) is 8.93. The molecule has 34 heavy (non-hydrogen) atoms. The molecule has 0 bridgehead atoms. The molecule has 0 saturated heterocycles. The van der Waals surface area contributed by atoms with Crippen LogP contribution in [-0.4, -0.2) is 28.3 Å². The molecule has 0 unspecified atom stereocenters. The fraction of sp³-hybridized carbons (Fsp3) is 0.346. The molecule has 1 heterocycles. The van der Waals surface area contributed by atoms with Gasteiger partial charge in [0.25, 0.3) is 0 Å². The van der Waals surface area contributed by atoms with Crippen LogP contribution in [0.3, 0.4) is 0 Å². The van der Waals surface area contributed by atoms with E-state index in [2.05, 4.69) is 15.3 Å². The molecule has 6 N–H and O–H groups in total. The van der Waals surface area contributed by atoms with E-state index >= 15 is 0 Å². The highest BCUT2D eigenvalue weighted by Crippen LogP contribution is 2.31. The van der Waals surface area contributed by atoms with Crippen molar-refractivity contribution in [1.82, 2.24) is 15.3 Å². The van der Waals surface area contributed by atoms with Crippen LogP contribution < -0.4 is 16.8 Å². The molecule has 2 amide bonds. The Morgan fingerprint density at radius 1 is 1.06 bits per heavy atom. The highest BCUT2D eigenvalue weighted by molar-refractivity contribution is 6.31. The quantitative estimate of drug-likeness (QED) is 0.389. The molecule has 1 aliphatic rings. The predicted molar refractivity (Wildman–Crippen MR) is 133 cm³/mol. The zero-order valence-electron chi connectivity index (χ0n) is 19.0. The summed E-state index contributed by atoms with van der Waals surface area (Å²) in [4.78, 5) is 32.4. The maximum atomic E-state index is 13.2. The molecule has 1 saturated carbocycles. The van der Waals surface area contributed by atoms with Crippen molar-refractivity contribution >= 4 is 23.4 Å². The Balaban J connectivity index is 1.57. The molecule has 7 nitrogen and oxygen atoms in total. The van der Waals surface area contributed by atoms with Gasteiger partial charge in [0, 0.05) is 17.0 Å². The maximum Gasteiger partial charge on any atom is 0.248 e. The van der Waals surface area contributed by atoms with Gasteiger partial charge in [-0.3, -0.25) is 9.59 Å². The summed E-state index contributed by atoms with van der Waals surface area (Å²) in [6.07, 6.45) is 4.24. The van der Waals surface area contributed by atoms with Crippen molar-refractivity contribution in [3.05, 3.63) is 76.7 Å². The summed E-state index contributed by atoms with van der Waals surface area (Å²) in [5, 5.41) is 3.52. The highest BCUT2D eigenvalue weighted by Gasteiger charge is 2.29. The highest BCUT2D eigenvalue weighted by atomic mass is 35.5. The second kappa shape index (κ2) is 10.8. The van der Waals surface area contributed by atoms with Crippen molar-refractivity contribution in [2.75, 3.05) is 6.54 Å². The summed E-state index contributed by atoms with van der Waals surface area (Å²) in [5.41, 5.74) is 14.1. The largest absolute Gasteiger partial charge is 0.366 e. The Kier molecular flexibility index (Phi) is 7.65. The van der Waals surface area contributed by atoms with Crippen LogP contribution in [0.2, 0.25) is 5.15 Å². The summed E-state index contributed by atoms with van der Waals surface area (Å²) >= 11 is 6.49. The minimum atomic E-state index is -0.492. The number of amides is 2. The smallest absolute Gasteiger partial charge is 0.248 e. The lowest BCUT2D eigenvalue weighted by Crippen LogP contribution is -2.37. The molecule has 1 fully saturated rings. The van der Waals surface area contributed by atoms with Gasteiger partial charge in [-0.05, 0) is 62.3 Å². The normalized spacial score (nSPS) is 18.9. The number of halogens is 1. The number of benzene rings is 2. The number of rotatable bonds is 8. The first-order chi connectivity index (χ1) is 16.4. The molecule has 8 heteroatoms. The van der Waals surface area contributed by atoms with Gasteiger partial charge in [-0.2, -0.15) is 0 Å². The Morgan fingerprint density at radius 2 is 1.74 bits per heavy atom. The van der Waals surface area contributed by atoms with Crippen LogP contribution in [0.5, 0.6) is 0 Å². The van der Waals surface area contributed by atoms with Crippen LogP contribution in [-0.2, 0) is 11.2 Å². The number of nitrogens with two attached hydrogens (primary N) is 2. The number of carbonyl (C=O) groups excluding carboxylic acids is 2. The fourth-order valence-electron chi connectivity index (χ4n) is 4.54. The summed E-state index contributed by atoms with van der Waals surface area (Å²) in [6, 6.07) is 16.4. The number of carbonyl (C=O) groups is 2. The van der Waals surface area contributed by atoms with Gasteiger partial charge in [0.2, 0.25) is 11.8 Å². The number of imidazole rings is 1. The van der Waals surface area contributed by atoms with Crippen LogP contribution in [0.1, 0.15) is 53.5 Å². The lowest BCUT2D eigenvalue weighted by molar-refractivity contribution is -0.127. The minimum Gasteiger partial charge on any atom is -0.366 e. The Hall–Kier alpha value is -3.16. The van der Waals surface area contributed by atoms with Crippen LogP contribution in [0.4, 0.5) is 0 Å².